The molecule has 1 unspecified atom stereocenters. The number of morpholine rings is 1. The summed E-state index contributed by atoms with van der Waals surface area (Å²) in [6.07, 6.45) is -0.537. The number of nitrogens with zero attached hydrogens (tertiary/aromatic N) is 1. The van der Waals surface area contributed by atoms with E-state index in [0.29, 0.717) is 19.8 Å². The van der Waals surface area contributed by atoms with Gasteiger partial charge in [-0.05, 0) is 28.8 Å². The van der Waals surface area contributed by atoms with Gasteiger partial charge >= 0.3 is 0 Å². The SMILES string of the molecule is COc1ccc(-c2ccc(C(O)CN3CCOCC3)cc2)cc1F. The Morgan fingerprint density at radius 2 is 1.79 bits per heavy atom. The van der Waals surface area contributed by atoms with Crippen LogP contribution < -0.4 is 4.74 Å². The van der Waals surface area contributed by atoms with E-state index in [1.54, 1.807) is 6.07 Å². The Bertz CT molecular complexity index is 669. The third-order valence-corrected chi connectivity index (χ3v) is 4.32. The second kappa shape index (κ2) is 7.75. The fourth-order valence-electron chi connectivity index (χ4n) is 2.88. The maximum atomic E-state index is 13.8. The Morgan fingerprint density at radius 1 is 1.12 bits per heavy atom. The third kappa shape index (κ3) is 3.93. The highest BCUT2D eigenvalue weighted by molar-refractivity contribution is 5.64. The molecule has 5 heteroatoms. The lowest BCUT2D eigenvalue weighted by molar-refractivity contribution is 0.0143. The number of aliphatic hydroxyl groups is 1. The molecule has 0 spiro atoms. The summed E-state index contributed by atoms with van der Waals surface area (Å²) in [5.74, 6) is -0.150. The van der Waals surface area contributed by atoms with Gasteiger partial charge in [0.2, 0.25) is 0 Å². The highest BCUT2D eigenvalue weighted by Crippen LogP contribution is 2.27. The fourth-order valence-corrected chi connectivity index (χ4v) is 2.88. The van der Waals surface area contributed by atoms with Gasteiger partial charge in [-0.3, -0.25) is 4.90 Å². The molecule has 0 bridgehead atoms. The molecule has 3 rings (SSSR count). The Morgan fingerprint density at radius 3 is 2.42 bits per heavy atom. The molecule has 0 radical (unpaired) electrons. The standard InChI is InChI=1S/C19H22FNO3/c1-23-19-7-6-16(12-17(19)20)14-2-4-15(5-3-14)18(22)13-21-8-10-24-11-9-21/h2-7,12,18,22H,8-11,13H2,1H3. The van der Waals surface area contributed by atoms with Gasteiger partial charge in [-0.15, -0.1) is 0 Å². The molecular weight excluding hydrogens is 309 g/mol. The number of benzene rings is 2. The van der Waals surface area contributed by atoms with Crippen molar-refractivity contribution in [2.75, 3.05) is 40.0 Å². The molecule has 1 N–H and O–H groups in total. The van der Waals surface area contributed by atoms with Crippen LogP contribution in [0.1, 0.15) is 11.7 Å². The van der Waals surface area contributed by atoms with Gasteiger partial charge in [-0.1, -0.05) is 30.3 Å². The zero-order valence-electron chi connectivity index (χ0n) is 13.7. The second-order valence-electron chi connectivity index (χ2n) is 5.90. The van der Waals surface area contributed by atoms with Gasteiger partial charge < -0.3 is 14.6 Å². The second-order valence-corrected chi connectivity index (χ2v) is 5.90. The van der Waals surface area contributed by atoms with Crippen molar-refractivity contribution in [3.8, 4) is 16.9 Å². The minimum absolute atomic E-state index is 0.233. The van der Waals surface area contributed by atoms with Crippen LogP contribution in [-0.2, 0) is 4.74 Å². The molecule has 0 amide bonds. The Balaban J connectivity index is 1.69. The monoisotopic (exact) mass is 331 g/mol. The first-order valence-electron chi connectivity index (χ1n) is 8.09. The van der Waals surface area contributed by atoms with Crippen LogP contribution in [0, 0.1) is 5.82 Å². The van der Waals surface area contributed by atoms with Gasteiger partial charge in [0.15, 0.2) is 11.6 Å². The molecule has 0 aliphatic carbocycles. The van der Waals surface area contributed by atoms with Gasteiger partial charge in [0.25, 0.3) is 0 Å². The summed E-state index contributed by atoms with van der Waals surface area (Å²) >= 11 is 0. The predicted octanol–water partition coefficient (Wildman–Crippen LogP) is 2.87. The van der Waals surface area contributed by atoms with Crippen molar-refractivity contribution in [3.63, 3.8) is 0 Å². The zero-order valence-corrected chi connectivity index (χ0v) is 13.7. The summed E-state index contributed by atoms with van der Waals surface area (Å²) < 4.78 is 24.1. The Hall–Kier alpha value is -1.95. The first-order valence-corrected chi connectivity index (χ1v) is 8.09. The number of halogens is 1. The number of aliphatic hydroxyl groups excluding tert-OH is 1. The number of methoxy groups -OCH3 is 1. The molecule has 0 saturated carbocycles. The van der Waals surface area contributed by atoms with Gasteiger partial charge in [0.1, 0.15) is 0 Å². The number of rotatable bonds is 5. The summed E-state index contributed by atoms with van der Waals surface area (Å²) in [5, 5.41) is 10.4. The lowest BCUT2D eigenvalue weighted by Gasteiger charge is -2.28. The molecule has 1 saturated heterocycles. The number of hydrogen-bond donors (Lipinski definition) is 1. The van der Waals surface area contributed by atoms with Crippen molar-refractivity contribution in [1.29, 1.82) is 0 Å². The van der Waals surface area contributed by atoms with Crippen molar-refractivity contribution >= 4 is 0 Å². The molecule has 1 fully saturated rings. The van der Waals surface area contributed by atoms with E-state index in [-0.39, 0.29) is 11.6 Å². The molecule has 1 atom stereocenters. The maximum absolute atomic E-state index is 13.8. The molecule has 24 heavy (non-hydrogen) atoms. The van der Waals surface area contributed by atoms with E-state index in [2.05, 4.69) is 4.90 Å². The predicted molar refractivity (Wildman–Crippen MR) is 90.6 cm³/mol. The highest BCUT2D eigenvalue weighted by atomic mass is 19.1. The molecule has 2 aromatic rings. The molecule has 4 nitrogen and oxygen atoms in total. The normalized spacial score (nSPS) is 16.8. The van der Waals surface area contributed by atoms with E-state index in [9.17, 15) is 9.50 Å². The lowest BCUT2D eigenvalue weighted by atomic mass is 10.0. The molecule has 128 valence electrons. The van der Waals surface area contributed by atoms with E-state index in [0.717, 1.165) is 29.8 Å². The van der Waals surface area contributed by atoms with Gasteiger partial charge in [0, 0.05) is 19.6 Å². The van der Waals surface area contributed by atoms with Crippen LogP contribution in [0.2, 0.25) is 0 Å². The summed E-state index contributed by atoms with van der Waals surface area (Å²) in [7, 11) is 1.45. The van der Waals surface area contributed by atoms with Crippen molar-refractivity contribution in [1.82, 2.24) is 4.90 Å². The average Bonchev–Trinajstić information content (AvgIpc) is 2.62. The van der Waals surface area contributed by atoms with E-state index in [1.807, 2.05) is 30.3 Å². The zero-order chi connectivity index (χ0) is 16.9. The lowest BCUT2D eigenvalue weighted by Crippen LogP contribution is -2.38. The molecular formula is C19H22FNO3. The summed E-state index contributed by atoms with van der Waals surface area (Å²) in [5.41, 5.74) is 2.54. The highest BCUT2D eigenvalue weighted by Gasteiger charge is 2.16. The molecule has 0 aromatic heterocycles. The smallest absolute Gasteiger partial charge is 0.165 e. The van der Waals surface area contributed by atoms with Gasteiger partial charge in [-0.2, -0.15) is 0 Å². The minimum Gasteiger partial charge on any atom is -0.494 e. The quantitative estimate of drug-likeness (QED) is 0.915. The van der Waals surface area contributed by atoms with E-state index in [4.69, 9.17) is 9.47 Å². The molecule has 1 aliphatic rings. The Kier molecular flexibility index (Phi) is 5.45. The van der Waals surface area contributed by atoms with Crippen molar-refractivity contribution in [2.45, 2.75) is 6.10 Å². The topological polar surface area (TPSA) is 41.9 Å². The first kappa shape index (κ1) is 16.9. The summed E-state index contributed by atoms with van der Waals surface area (Å²) in [6.45, 7) is 3.73. The van der Waals surface area contributed by atoms with Crippen molar-refractivity contribution in [3.05, 3.63) is 53.8 Å². The van der Waals surface area contributed by atoms with E-state index >= 15 is 0 Å². The van der Waals surface area contributed by atoms with Crippen LogP contribution in [0.5, 0.6) is 5.75 Å². The molecule has 1 aliphatic heterocycles. The van der Waals surface area contributed by atoms with Gasteiger partial charge in [-0.25, -0.2) is 4.39 Å². The Labute approximate surface area is 141 Å². The maximum Gasteiger partial charge on any atom is 0.165 e. The summed E-state index contributed by atoms with van der Waals surface area (Å²) in [4.78, 5) is 2.20. The average molecular weight is 331 g/mol. The van der Waals surface area contributed by atoms with E-state index in [1.165, 1.54) is 13.2 Å². The summed E-state index contributed by atoms with van der Waals surface area (Å²) in [6, 6.07) is 12.5. The molecule has 2 aromatic carbocycles. The van der Waals surface area contributed by atoms with Crippen LogP contribution in [0.4, 0.5) is 4.39 Å². The van der Waals surface area contributed by atoms with Crippen LogP contribution in [-0.4, -0.2) is 50.0 Å². The fraction of sp³-hybridized carbons (Fsp3) is 0.368. The van der Waals surface area contributed by atoms with Crippen LogP contribution >= 0.6 is 0 Å². The number of ether oxygens (including phenoxy) is 2. The van der Waals surface area contributed by atoms with Crippen LogP contribution in [0.3, 0.4) is 0 Å². The number of β-amino-alcohol motifs (C(OH)–C–C–N with tert-alkyl or cyclic N) is 1. The van der Waals surface area contributed by atoms with Crippen LogP contribution in [0.25, 0.3) is 11.1 Å². The largest absolute Gasteiger partial charge is 0.494 e. The van der Waals surface area contributed by atoms with Crippen LogP contribution in [0.15, 0.2) is 42.5 Å². The van der Waals surface area contributed by atoms with Crippen molar-refractivity contribution < 1.29 is 19.0 Å². The van der Waals surface area contributed by atoms with E-state index < -0.39 is 6.10 Å². The minimum atomic E-state index is -0.537. The molecule has 1 heterocycles. The third-order valence-electron chi connectivity index (χ3n) is 4.32. The number of hydrogen-bond acceptors (Lipinski definition) is 4. The van der Waals surface area contributed by atoms with Crippen molar-refractivity contribution in [2.24, 2.45) is 0 Å². The van der Waals surface area contributed by atoms with Gasteiger partial charge in [0.05, 0.1) is 26.4 Å². The first-order chi connectivity index (χ1) is 11.7.